The first-order valence-corrected chi connectivity index (χ1v) is 4.75. The topological polar surface area (TPSA) is 101 Å². The molecule has 0 aliphatic carbocycles. The lowest BCUT2D eigenvalue weighted by molar-refractivity contribution is -0.125. The van der Waals surface area contributed by atoms with Gasteiger partial charge in [-0.1, -0.05) is 0 Å². The number of hydrogen-bond donors (Lipinski definition) is 3. The first-order valence-electron chi connectivity index (χ1n) is 4.75. The average Bonchev–Trinajstić information content (AvgIpc) is 2.15. The van der Waals surface area contributed by atoms with Crippen LogP contribution in [0.1, 0.15) is 26.7 Å². The van der Waals surface area contributed by atoms with Crippen molar-refractivity contribution >= 4 is 18.2 Å². The smallest absolute Gasteiger partial charge is 0.242 e. The summed E-state index contributed by atoms with van der Waals surface area (Å²) in [6.45, 7) is 3.35. The number of rotatable bonds is 7. The zero-order chi connectivity index (χ0) is 11.8. The normalized spacial score (nSPS) is 13.7. The minimum absolute atomic E-state index is 0.138. The Labute approximate surface area is 88.6 Å². The van der Waals surface area contributed by atoms with Gasteiger partial charge in [-0.15, -0.1) is 0 Å². The Morgan fingerprint density at radius 1 is 1.40 bits per heavy atom. The van der Waals surface area contributed by atoms with E-state index in [9.17, 15) is 14.4 Å². The van der Waals surface area contributed by atoms with Crippen molar-refractivity contribution in [3.8, 4) is 0 Å². The summed E-state index contributed by atoms with van der Waals surface area (Å²) in [6.07, 6.45) is 1.20. The lowest BCUT2D eigenvalue weighted by Crippen LogP contribution is -2.45. The van der Waals surface area contributed by atoms with Crippen molar-refractivity contribution in [1.82, 2.24) is 10.6 Å². The lowest BCUT2D eigenvalue weighted by Gasteiger charge is -2.16. The van der Waals surface area contributed by atoms with Crippen LogP contribution in [-0.2, 0) is 14.4 Å². The summed E-state index contributed by atoms with van der Waals surface area (Å²) in [6, 6.07) is -0.709. The molecule has 0 aromatic carbocycles. The van der Waals surface area contributed by atoms with Crippen molar-refractivity contribution in [3.63, 3.8) is 0 Å². The maximum atomic E-state index is 11.3. The standard InChI is InChI=1S/C9H17N3O3/c1-6(3-4-8(10)14)12-9(15)7(2)11-5-13/h5-7H,3-4H2,1-2H3,(H2,10,14)(H,11,13)(H,12,15)/t6-,7+/m1/s1. The second-order valence-corrected chi connectivity index (χ2v) is 3.42. The second kappa shape index (κ2) is 6.80. The quantitative estimate of drug-likeness (QED) is 0.469. The van der Waals surface area contributed by atoms with Crippen LogP contribution in [0.15, 0.2) is 0 Å². The predicted molar refractivity (Wildman–Crippen MR) is 54.7 cm³/mol. The number of carbonyl (C=O) groups is 3. The van der Waals surface area contributed by atoms with Crippen molar-refractivity contribution in [2.75, 3.05) is 0 Å². The predicted octanol–water partition coefficient (Wildman–Crippen LogP) is -1.11. The zero-order valence-electron chi connectivity index (χ0n) is 8.95. The van der Waals surface area contributed by atoms with Gasteiger partial charge in [0, 0.05) is 12.5 Å². The summed E-state index contributed by atoms with van der Waals surface area (Å²) in [5.74, 6) is -0.672. The van der Waals surface area contributed by atoms with Crippen LogP contribution in [0.2, 0.25) is 0 Å². The van der Waals surface area contributed by atoms with E-state index in [2.05, 4.69) is 10.6 Å². The molecule has 0 saturated carbocycles. The van der Waals surface area contributed by atoms with Crippen molar-refractivity contribution < 1.29 is 14.4 Å². The van der Waals surface area contributed by atoms with E-state index in [1.54, 1.807) is 13.8 Å². The Balaban J connectivity index is 3.84. The van der Waals surface area contributed by atoms with Gasteiger partial charge in [0.2, 0.25) is 18.2 Å². The van der Waals surface area contributed by atoms with E-state index in [0.29, 0.717) is 12.8 Å². The molecule has 6 heteroatoms. The number of primary amides is 1. The van der Waals surface area contributed by atoms with E-state index in [1.807, 2.05) is 0 Å². The van der Waals surface area contributed by atoms with Gasteiger partial charge in [0.15, 0.2) is 0 Å². The molecule has 0 fully saturated rings. The highest BCUT2D eigenvalue weighted by Gasteiger charge is 2.14. The molecule has 0 bridgehead atoms. The van der Waals surface area contributed by atoms with Gasteiger partial charge in [-0.05, 0) is 20.3 Å². The second-order valence-electron chi connectivity index (χ2n) is 3.42. The van der Waals surface area contributed by atoms with Crippen LogP contribution in [0.4, 0.5) is 0 Å². The van der Waals surface area contributed by atoms with Gasteiger partial charge in [-0.25, -0.2) is 0 Å². The molecule has 6 nitrogen and oxygen atoms in total. The van der Waals surface area contributed by atoms with E-state index >= 15 is 0 Å². The number of nitrogens with two attached hydrogens (primary N) is 1. The average molecular weight is 215 g/mol. The molecule has 0 aromatic heterocycles. The van der Waals surface area contributed by atoms with Crippen LogP contribution in [0.5, 0.6) is 0 Å². The van der Waals surface area contributed by atoms with E-state index in [4.69, 9.17) is 5.73 Å². The molecule has 0 unspecified atom stereocenters. The molecular formula is C9H17N3O3. The minimum Gasteiger partial charge on any atom is -0.370 e. The van der Waals surface area contributed by atoms with Crippen molar-refractivity contribution in [2.24, 2.45) is 5.73 Å². The Kier molecular flexibility index (Phi) is 6.08. The van der Waals surface area contributed by atoms with Gasteiger partial charge in [0.25, 0.3) is 0 Å². The first-order chi connectivity index (χ1) is 6.97. The highest BCUT2D eigenvalue weighted by atomic mass is 16.2. The van der Waals surface area contributed by atoms with Gasteiger partial charge >= 0.3 is 0 Å². The largest absolute Gasteiger partial charge is 0.370 e. The van der Waals surface area contributed by atoms with Crippen molar-refractivity contribution in [3.05, 3.63) is 0 Å². The molecule has 86 valence electrons. The molecule has 0 aromatic rings. The van der Waals surface area contributed by atoms with E-state index in [-0.39, 0.29) is 18.4 Å². The molecule has 0 aliphatic heterocycles. The highest BCUT2D eigenvalue weighted by molar-refractivity contribution is 5.83. The monoisotopic (exact) mass is 215 g/mol. The van der Waals surface area contributed by atoms with Gasteiger partial charge in [0.1, 0.15) is 6.04 Å². The maximum absolute atomic E-state index is 11.3. The number of hydrogen-bond acceptors (Lipinski definition) is 3. The van der Waals surface area contributed by atoms with Crippen LogP contribution in [0.3, 0.4) is 0 Å². The molecule has 0 rings (SSSR count). The fourth-order valence-electron chi connectivity index (χ4n) is 0.977. The van der Waals surface area contributed by atoms with Crippen LogP contribution < -0.4 is 16.4 Å². The summed E-state index contributed by atoms with van der Waals surface area (Å²) < 4.78 is 0. The Morgan fingerprint density at radius 2 is 2.00 bits per heavy atom. The number of amides is 3. The fraction of sp³-hybridized carbons (Fsp3) is 0.667. The summed E-state index contributed by atoms with van der Waals surface area (Å²) in [4.78, 5) is 31.9. The molecular weight excluding hydrogens is 198 g/mol. The number of carbonyl (C=O) groups excluding carboxylic acids is 3. The molecule has 0 spiro atoms. The third-order valence-electron chi connectivity index (χ3n) is 1.92. The number of nitrogens with one attached hydrogen (secondary N) is 2. The lowest BCUT2D eigenvalue weighted by atomic mass is 10.1. The maximum Gasteiger partial charge on any atom is 0.242 e. The molecule has 3 amide bonds. The van der Waals surface area contributed by atoms with Crippen molar-refractivity contribution in [2.45, 2.75) is 38.8 Å². The van der Waals surface area contributed by atoms with Gasteiger partial charge < -0.3 is 16.4 Å². The molecule has 0 heterocycles. The third-order valence-corrected chi connectivity index (χ3v) is 1.92. The molecule has 15 heavy (non-hydrogen) atoms. The molecule has 0 aliphatic rings. The van der Waals surface area contributed by atoms with Gasteiger partial charge in [0.05, 0.1) is 0 Å². The highest BCUT2D eigenvalue weighted by Crippen LogP contribution is 1.96. The molecule has 4 N–H and O–H groups in total. The molecule has 0 radical (unpaired) electrons. The van der Waals surface area contributed by atoms with Crippen LogP contribution in [0.25, 0.3) is 0 Å². The van der Waals surface area contributed by atoms with E-state index < -0.39 is 11.9 Å². The summed E-state index contributed by atoms with van der Waals surface area (Å²) in [7, 11) is 0. The molecule has 0 saturated heterocycles. The van der Waals surface area contributed by atoms with Crippen LogP contribution in [-0.4, -0.2) is 30.3 Å². The fourth-order valence-corrected chi connectivity index (χ4v) is 0.977. The Hall–Kier alpha value is -1.59. The Morgan fingerprint density at radius 3 is 2.47 bits per heavy atom. The summed E-state index contributed by atoms with van der Waals surface area (Å²) >= 11 is 0. The summed E-state index contributed by atoms with van der Waals surface area (Å²) in [5.41, 5.74) is 4.97. The van der Waals surface area contributed by atoms with Crippen molar-refractivity contribution in [1.29, 1.82) is 0 Å². The zero-order valence-corrected chi connectivity index (χ0v) is 8.95. The van der Waals surface area contributed by atoms with Gasteiger partial charge in [-0.3, -0.25) is 14.4 Å². The Bertz CT molecular complexity index is 243. The third kappa shape index (κ3) is 6.48. The first kappa shape index (κ1) is 13.4. The summed E-state index contributed by atoms with van der Waals surface area (Å²) in [5, 5.41) is 4.98. The SMILES string of the molecule is C[C@H](CCC(N)=O)NC(=O)[C@H](C)NC=O. The van der Waals surface area contributed by atoms with Crippen LogP contribution >= 0.6 is 0 Å². The van der Waals surface area contributed by atoms with Gasteiger partial charge in [-0.2, -0.15) is 0 Å². The molecule has 2 atom stereocenters. The van der Waals surface area contributed by atoms with E-state index in [0.717, 1.165) is 0 Å². The van der Waals surface area contributed by atoms with E-state index in [1.165, 1.54) is 0 Å². The minimum atomic E-state index is -0.571. The van der Waals surface area contributed by atoms with Crippen LogP contribution in [0, 0.1) is 0 Å².